The number of hydrogen-bond acceptors (Lipinski definition) is 7. The Bertz CT molecular complexity index is 1420. The summed E-state index contributed by atoms with van der Waals surface area (Å²) in [6.07, 6.45) is 7.98. The van der Waals surface area contributed by atoms with Gasteiger partial charge in [0.05, 0.1) is 0 Å². The van der Waals surface area contributed by atoms with Crippen molar-refractivity contribution < 1.29 is 0 Å². The molecule has 5 rings (SSSR count). The van der Waals surface area contributed by atoms with Crippen molar-refractivity contribution in [2.75, 3.05) is 17.2 Å². The summed E-state index contributed by atoms with van der Waals surface area (Å²) >= 11 is 6.31. The van der Waals surface area contributed by atoms with Crippen LogP contribution in [0.4, 0.5) is 17.5 Å². The van der Waals surface area contributed by atoms with Gasteiger partial charge in [-0.2, -0.15) is 9.50 Å². The third-order valence-corrected chi connectivity index (χ3v) is 5.81. The number of benzene rings is 1. The van der Waals surface area contributed by atoms with Crippen molar-refractivity contribution in [3.05, 3.63) is 101 Å². The van der Waals surface area contributed by atoms with Crippen molar-refractivity contribution in [1.82, 2.24) is 29.5 Å². The maximum Gasteiger partial charge on any atom is 0.256 e. The second-order valence-corrected chi connectivity index (χ2v) is 8.65. The first-order chi connectivity index (χ1) is 17.1. The SMILES string of the molecule is Cc1cc(NCCc2ccccn2)n2nc(Nc3cc(Cl)ccc3CCc3cccnc3)nc2n1. The van der Waals surface area contributed by atoms with Crippen LogP contribution in [0.15, 0.2) is 73.2 Å². The van der Waals surface area contributed by atoms with Crippen molar-refractivity contribution in [1.29, 1.82) is 0 Å². The highest BCUT2D eigenvalue weighted by atomic mass is 35.5. The summed E-state index contributed by atoms with van der Waals surface area (Å²) < 4.78 is 1.72. The maximum atomic E-state index is 6.31. The minimum absolute atomic E-state index is 0.459. The Balaban J connectivity index is 1.35. The van der Waals surface area contributed by atoms with Crippen LogP contribution in [0.1, 0.15) is 22.5 Å². The zero-order chi connectivity index (χ0) is 24.0. The highest BCUT2D eigenvalue weighted by molar-refractivity contribution is 6.30. The number of rotatable bonds is 9. The molecule has 0 radical (unpaired) electrons. The fourth-order valence-electron chi connectivity index (χ4n) is 3.86. The van der Waals surface area contributed by atoms with Gasteiger partial charge >= 0.3 is 0 Å². The molecule has 0 fully saturated rings. The predicted molar refractivity (Wildman–Crippen MR) is 138 cm³/mol. The van der Waals surface area contributed by atoms with E-state index < -0.39 is 0 Å². The fourth-order valence-corrected chi connectivity index (χ4v) is 4.03. The van der Waals surface area contributed by atoms with E-state index in [2.05, 4.69) is 41.7 Å². The van der Waals surface area contributed by atoms with Crippen molar-refractivity contribution >= 4 is 34.8 Å². The molecule has 4 heterocycles. The molecule has 0 unspecified atom stereocenters. The minimum atomic E-state index is 0.459. The molecule has 9 heteroatoms. The van der Waals surface area contributed by atoms with Crippen LogP contribution in [-0.2, 0) is 19.3 Å². The Morgan fingerprint density at radius 2 is 1.89 bits per heavy atom. The molecule has 0 bridgehead atoms. The van der Waals surface area contributed by atoms with Crippen LogP contribution in [-0.4, -0.2) is 36.1 Å². The first-order valence-electron chi connectivity index (χ1n) is 11.5. The second kappa shape index (κ2) is 10.5. The quantitative estimate of drug-likeness (QED) is 0.302. The Morgan fingerprint density at radius 3 is 2.71 bits per heavy atom. The summed E-state index contributed by atoms with van der Waals surface area (Å²) in [4.78, 5) is 17.7. The van der Waals surface area contributed by atoms with Crippen LogP contribution >= 0.6 is 11.6 Å². The summed E-state index contributed by atoms with van der Waals surface area (Å²) in [6.45, 7) is 2.66. The summed E-state index contributed by atoms with van der Waals surface area (Å²) in [5, 5.41) is 12.1. The van der Waals surface area contributed by atoms with Gasteiger partial charge in [-0.1, -0.05) is 29.8 Å². The molecule has 2 N–H and O–H groups in total. The number of pyridine rings is 2. The Hall–Kier alpha value is -4.04. The average Bonchev–Trinajstić information content (AvgIpc) is 3.27. The van der Waals surface area contributed by atoms with Gasteiger partial charge < -0.3 is 10.6 Å². The summed E-state index contributed by atoms with van der Waals surface area (Å²) in [5.74, 6) is 1.81. The standard InChI is InChI=1S/C26H25ClN8/c1-18-15-24(30-14-11-22-6-2-3-13-29-22)35-26(31-18)33-25(34-35)32-23-16-21(27)10-9-20(23)8-7-19-5-4-12-28-17-19/h2-6,9-10,12-13,15-17,30H,7-8,11,14H2,1H3,(H,32,34). The van der Waals surface area contributed by atoms with Gasteiger partial charge in [0.1, 0.15) is 5.82 Å². The molecule has 0 spiro atoms. The van der Waals surface area contributed by atoms with Gasteiger partial charge in [-0.25, -0.2) is 4.98 Å². The Morgan fingerprint density at radius 1 is 0.943 bits per heavy atom. The molecule has 0 aliphatic heterocycles. The van der Waals surface area contributed by atoms with E-state index in [9.17, 15) is 0 Å². The topological polar surface area (TPSA) is 92.9 Å². The Labute approximate surface area is 208 Å². The summed E-state index contributed by atoms with van der Waals surface area (Å²) in [7, 11) is 0. The Kier molecular flexibility index (Phi) is 6.81. The largest absolute Gasteiger partial charge is 0.369 e. The molecule has 1 aromatic carbocycles. The molecule has 0 saturated heterocycles. The van der Waals surface area contributed by atoms with E-state index >= 15 is 0 Å². The highest BCUT2D eigenvalue weighted by Crippen LogP contribution is 2.25. The third-order valence-electron chi connectivity index (χ3n) is 5.58. The minimum Gasteiger partial charge on any atom is -0.369 e. The van der Waals surface area contributed by atoms with Gasteiger partial charge in [0.2, 0.25) is 5.95 Å². The van der Waals surface area contributed by atoms with E-state index in [1.807, 2.05) is 61.7 Å². The number of anilines is 3. The van der Waals surface area contributed by atoms with E-state index in [4.69, 9.17) is 11.6 Å². The number of aromatic nitrogens is 6. The van der Waals surface area contributed by atoms with E-state index in [0.29, 0.717) is 23.3 Å². The van der Waals surface area contributed by atoms with Crippen LogP contribution in [0.5, 0.6) is 0 Å². The lowest BCUT2D eigenvalue weighted by atomic mass is 10.0. The molecule has 0 atom stereocenters. The molecular weight excluding hydrogens is 460 g/mol. The van der Waals surface area contributed by atoms with Gasteiger partial charge in [-0.3, -0.25) is 9.97 Å². The molecule has 0 amide bonds. The van der Waals surface area contributed by atoms with Crippen molar-refractivity contribution in [2.24, 2.45) is 0 Å². The number of aryl methyl sites for hydroxylation is 3. The van der Waals surface area contributed by atoms with Crippen molar-refractivity contribution in [2.45, 2.75) is 26.2 Å². The zero-order valence-electron chi connectivity index (χ0n) is 19.3. The van der Waals surface area contributed by atoms with Crippen molar-refractivity contribution in [3.63, 3.8) is 0 Å². The molecule has 0 aliphatic rings. The molecule has 176 valence electrons. The van der Waals surface area contributed by atoms with Gasteiger partial charge in [0.25, 0.3) is 5.78 Å². The molecule has 4 aromatic heterocycles. The lowest BCUT2D eigenvalue weighted by Gasteiger charge is -2.10. The highest BCUT2D eigenvalue weighted by Gasteiger charge is 2.12. The average molecular weight is 485 g/mol. The summed E-state index contributed by atoms with van der Waals surface area (Å²) in [6, 6.07) is 17.8. The maximum absolute atomic E-state index is 6.31. The molecule has 0 saturated carbocycles. The van der Waals surface area contributed by atoms with E-state index in [0.717, 1.165) is 47.7 Å². The monoisotopic (exact) mass is 484 g/mol. The number of nitrogens with zero attached hydrogens (tertiary/aromatic N) is 6. The van der Waals surface area contributed by atoms with Crippen LogP contribution in [0.25, 0.3) is 5.78 Å². The van der Waals surface area contributed by atoms with Gasteiger partial charge in [0.15, 0.2) is 0 Å². The smallest absolute Gasteiger partial charge is 0.256 e. The van der Waals surface area contributed by atoms with Gasteiger partial charge in [0, 0.05) is 59.7 Å². The van der Waals surface area contributed by atoms with Crippen molar-refractivity contribution in [3.8, 4) is 0 Å². The zero-order valence-corrected chi connectivity index (χ0v) is 20.1. The molecule has 5 aromatic rings. The molecule has 0 aliphatic carbocycles. The fraction of sp³-hybridized carbons (Fsp3) is 0.192. The van der Waals surface area contributed by atoms with Crippen LogP contribution < -0.4 is 10.6 Å². The van der Waals surface area contributed by atoms with E-state index in [1.54, 1.807) is 16.9 Å². The first-order valence-corrected chi connectivity index (χ1v) is 11.8. The molecule has 8 nitrogen and oxygen atoms in total. The number of halogens is 1. The third kappa shape index (κ3) is 5.73. The number of hydrogen-bond donors (Lipinski definition) is 2. The first kappa shape index (κ1) is 22.7. The van der Waals surface area contributed by atoms with E-state index in [1.165, 1.54) is 5.56 Å². The normalized spacial score (nSPS) is 11.0. The van der Waals surface area contributed by atoms with Crippen LogP contribution in [0, 0.1) is 6.92 Å². The number of nitrogens with one attached hydrogen (secondary N) is 2. The van der Waals surface area contributed by atoms with E-state index in [-0.39, 0.29) is 0 Å². The lowest BCUT2D eigenvalue weighted by molar-refractivity contribution is 0.896. The van der Waals surface area contributed by atoms with Crippen LogP contribution in [0.2, 0.25) is 5.02 Å². The summed E-state index contributed by atoms with van der Waals surface area (Å²) in [5.41, 5.74) is 5.06. The lowest BCUT2D eigenvalue weighted by Crippen LogP contribution is -2.10. The molecule has 35 heavy (non-hydrogen) atoms. The molecular formula is C26H25ClN8. The second-order valence-electron chi connectivity index (χ2n) is 8.22. The predicted octanol–water partition coefficient (Wildman–Crippen LogP) is 5.06. The number of fused-ring (bicyclic) bond motifs is 1. The van der Waals surface area contributed by atoms with Crippen LogP contribution in [0.3, 0.4) is 0 Å². The van der Waals surface area contributed by atoms with Gasteiger partial charge in [-0.15, -0.1) is 5.10 Å². The van der Waals surface area contributed by atoms with Gasteiger partial charge in [-0.05, 0) is 61.2 Å².